The van der Waals surface area contributed by atoms with Crippen molar-refractivity contribution in [3.05, 3.63) is 65.7 Å². The highest BCUT2D eigenvalue weighted by Crippen LogP contribution is 2.33. The number of amides is 1. The highest BCUT2D eigenvalue weighted by molar-refractivity contribution is 6.07. The molecule has 2 aromatic carbocycles. The van der Waals surface area contributed by atoms with Crippen LogP contribution in [0, 0.1) is 0 Å². The molecule has 5 rings (SSSR count). The summed E-state index contributed by atoms with van der Waals surface area (Å²) in [5.74, 6) is 2.87. The Morgan fingerprint density at radius 2 is 1.85 bits per heavy atom. The number of aryl methyl sites for hydroxylation is 1. The number of methoxy groups -OCH3 is 2. The molecule has 0 radical (unpaired) electrons. The van der Waals surface area contributed by atoms with Crippen molar-refractivity contribution in [2.45, 2.75) is 38.8 Å². The monoisotopic (exact) mass is 457 g/mol. The van der Waals surface area contributed by atoms with Gasteiger partial charge in [-0.3, -0.25) is 4.79 Å². The van der Waals surface area contributed by atoms with E-state index in [-0.39, 0.29) is 5.91 Å². The predicted molar refractivity (Wildman–Crippen MR) is 129 cm³/mol. The maximum absolute atomic E-state index is 13.4. The molecule has 34 heavy (non-hydrogen) atoms. The normalized spacial score (nSPS) is 13.2. The first-order valence-electron chi connectivity index (χ1n) is 11.5. The molecular formula is C26H27N5O3. The van der Waals surface area contributed by atoms with Crippen LogP contribution in [0.1, 0.15) is 41.3 Å². The number of ether oxygens (including phenoxy) is 2. The van der Waals surface area contributed by atoms with Crippen LogP contribution in [0.4, 0.5) is 0 Å². The summed E-state index contributed by atoms with van der Waals surface area (Å²) < 4.78 is 12.9. The second kappa shape index (κ2) is 9.51. The van der Waals surface area contributed by atoms with Crippen LogP contribution in [-0.4, -0.2) is 39.9 Å². The van der Waals surface area contributed by atoms with Crippen molar-refractivity contribution in [3.8, 4) is 22.8 Å². The fourth-order valence-corrected chi connectivity index (χ4v) is 4.44. The van der Waals surface area contributed by atoms with Crippen LogP contribution in [0.15, 0.2) is 48.5 Å². The van der Waals surface area contributed by atoms with Gasteiger partial charge in [0.05, 0.1) is 37.5 Å². The van der Waals surface area contributed by atoms with E-state index < -0.39 is 0 Å². The zero-order valence-corrected chi connectivity index (χ0v) is 19.4. The van der Waals surface area contributed by atoms with Gasteiger partial charge in [0.2, 0.25) is 0 Å². The van der Waals surface area contributed by atoms with E-state index in [4.69, 9.17) is 14.5 Å². The molecule has 174 valence electrons. The number of carbonyl (C=O) groups excluding carboxylic acids is 1. The molecule has 3 heterocycles. The lowest BCUT2D eigenvalue weighted by Crippen LogP contribution is -2.25. The van der Waals surface area contributed by atoms with E-state index in [1.165, 1.54) is 6.42 Å². The van der Waals surface area contributed by atoms with Gasteiger partial charge in [-0.2, -0.15) is 0 Å². The van der Waals surface area contributed by atoms with Crippen molar-refractivity contribution in [2.24, 2.45) is 0 Å². The lowest BCUT2D eigenvalue weighted by molar-refractivity contribution is 0.0951. The number of fused-ring (bicyclic) bond motifs is 2. The lowest BCUT2D eigenvalue weighted by Gasteiger charge is -2.13. The van der Waals surface area contributed by atoms with E-state index in [9.17, 15) is 4.79 Å². The van der Waals surface area contributed by atoms with Crippen molar-refractivity contribution in [1.29, 1.82) is 0 Å². The number of hydrogen-bond donors (Lipinski definition) is 1. The molecule has 1 aliphatic heterocycles. The summed E-state index contributed by atoms with van der Waals surface area (Å²) in [7, 11) is 3.20. The van der Waals surface area contributed by atoms with Crippen molar-refractivity contribution >= 4 is 16.8 Å². The number of nitrogens with one attached hydrogen (secondary N) is 1. The maximum atomic E-state index is 13.4. The molecule has 0 spiro atoms. The van der Waals surface area contributed by atoms with Crippen LogP contribution in [0.25, 0.3) is 22.2 Å². The number of rotatable bonds is 6. The first-order chi connectivity index (χ1) is 16.7. The van der Waals surface area contributed by atoms with E-state index >= 15 is 0 Å². The Morgan fingerprint density at radius 1 is 1.00 bits per heavy atom. The molecule has 0 saturated heterocycles. The third-order valence-corrected chi connectivity index (χ3v) is 6.23. The van der Waals surface area contributed by atoms with Crippen LogP contribution in [0.5, 0.6) is 11.5 Å². The van der Waals surface area contributed by atoms with Crippen molar-refractivity contribution < 1.29 is 14.3 Å². The Kier molecular flexibility index (Phi) is 6.12. The highest BCUT2D eigenvalue weighted by atomic mass is 16.5. The second-order valence-corrected chi connectivity index (χ2v) is 8.32. The standard InChI is InChI=1S/C26H27N5O3/c1-33-22-12-11-17(14-23(22)34-2)21-15-19(18-8-5-6-9-20(18)28-21)26(32)27-16-25-30-29-24-10-4-3-7-13-31(24)25/h5-6,8-9,11-12,14-15H,3-4,7,10,13,16H2,1-2H3,(H,27,32). The van der Waals surface area contributed by atoms with Crippen molar-refractivity contribution in [2.75, 3.05) is 14.2 Å². The summed E-state index contributed by atoms with van der Waals surface area (Å²) in [4.78, 5) is 18.2. The zero-order valence-electron chi connectivity index (χ0n) is 19.4. The Hall–Kier alpha value is -3.94. The average Bonchev–Trinajstić information content (AvgIpc) is 3.11. The molecule has 8 nitrogen and oxygen atoms in total. The minimum atomic E-state index is -0.175. The first-order valence-corrected chi connectivity index (χ1v) is 11.5. The predicted octanol–water partition coefficient (Wildman–Crippen LogP) is 4.17. The molecule has 0 bridgehead atoms. The molecule has 1 amide bonds. The van der Waals surface area contributed by atoms with Crippen LogP contribution >= 0.6 is 0 Å². The number of para-hydroxylation sites is 1. The van der Waals surface area contributed by atoms with Gasteiger partial charge in [-0.25, -0.2) is 4.98 Å². The molecule has 0 fully saturated rings. The second-order valence-electron chi connectivity index (χ2n) is 8.32. The van der Waals surface area contributed by atoms with E-state index in [1.54, 1.807) is 14.2 Å². The van der Waals surface area contributed by atoms with Gasteiger partial charge in [0, 0.05) is 23.9 Å². The number of aromatic nitrogens is 4. The molecule has 0 unspecified atom stereocenters. The Balaban J connectivity index is 1.47. The molecule has 1 aliphatic rings. The van der Waals surface area contributed by atoms with Gasteiger partial charge in [0.1, 0.15) is 5.82 Å². The van der Waals surface area contributed by atoms with Gasteiger partial charge in [-0.15, -0.1) is 10.2 Å². The third kappa shape index (κ3) is 4.19. The van der Waals surface area contributed by atoms with Crippen LogP contribution < -0.4 is 14.8 Å². The molecule has 0 aliphatic carbocycles. The van der Waals surface area contributed by atoms with E-state index in [0.29, 0.717) is 29.3 Å². The van der Waals surface area contributed by atoms with Gasteiger partial charge < -0.3 is 19.4 Å². The SMILES string of the molecule is COc1ccc(-c2cc(C(=O)NCc3nnc4n3CCCCC4)c3ccccc3n2)cc1OC. The maximum Gasteiger partial charge on any atom is 0.252 e. The summed E-state index contributed by atoms with van der Waals surface area (Å²) in [6, 6.07) is 15.1. The number of carbonyl (C=O) groups is 1. The van der Waals surface area contributed by atoms with Gasteiger partial charge in [-0.05, 0) is 43.2 Å². The third-order valence-electron chi connectivity index (χ3n) is 6.23. The Morgan fingerprint density at radius 3 is 2.71 bits per heavy atom. The molecule has 1 N–H and O–H groups in total. The molecule has 0 saturated carbocycles. The fraction of sp³-hybridized carbons (Fsp3) is 0.308. The van der Waals surface area contributed by atoms with Crippen molar-refractivity contribution in [1.82, 2.24) is 25.1 Å². The minimum absolute atomic E-state index is 0.175. The number of nitrogens with zero attached hydrogens (tertiary/aromatic N) is 4. The summed E-state index contributed by atoms with van der Waals surface area (Å²) >= 11 is 0. The highest BCUT2D eigenvalue weighted by Gasteiger charge is 2.18. The van der Waals surface area contributed by atoms with E-state index in [2.05, 4.69) is 20.1 Å². The molecule has 4 aromatic rings. The van der Waals surface area contributed by atoms with Crippen molar-refractivity contribution in [3.63, 3.8) is 0 Å². The van der Waals surface area contributed by atoms with Crippen LogP contribution in [-0.2, 0) is 19.5 Å². The van der Waals surface area contributed by atoms with Crippen LogP contribution in [0.2, 0.25) is 0 Å². The summed E-state index contributed by atoms with van der Waals surface area (Å²) in [5.41, 5.74) is 2.82. The molecular weight excluding hydrogens is 430 g/mol. The minimum Gasteiger partial charge on any atom is -0.493 e. The molecule has 8 heteroatoms. The lowest BCUT2D eigenvalue weighted by atomic mass is 10.0. The first kappa shape index (κ1) is 21.9. The Labute approximate surface area is 197 Å². The molecule has 0 atom stereocenters. The summed E-state index contributed by atoms with van der Waals surface area (Å²) in [5, 5.41) is 12.5. The van der Waals surface area contributed by atoms with Gasteiger partial charge in [-0.1, -0.05) is 24.6 Å². The smallest absolute Gasteiger partial charge is 0.252 e. The molecule has 2 aromatic heterocycles. The average molecular weight is 458 g/mol. The van der Waals surface area contributed by atoms with E-state index in [0.717, 1.165) is 53.9 Å². The summed E-state index contributed by atoms with van der Waals surface area (Å²) in [6.45, 7) is 1.23. The Bertz CT molecular complexity index is 1350. The quantitative estimate of drug-likeness (QED) is 0.467. The fourth-order valence-electron chi connectivity index (χ4n) is 4.44. The number of hydrogen-bond acceptors (Lipinski definition) is 6. The summed E-state index contributed by atoms with van der Waals surface area (Å²) in [6.07, 6.45) is 4.36. The largest absolute Gasteiger partial charge is 0.493 e. The van der Waals surface area contributed by atoms with Gasteiger partial charge in [0.25, 0.3) is 5.91 Å². The van der Waals surface area contributed by atoms with Crippen LogP contribution in [0.3, 0.4) is 0 Å². The topological polar surface area (TPSA) is 91.2 Å². The number of pyridine rings is 1. The van der Waals surface area contributed by atoms with Gasteiger partial charge in [0.15, 0.2) is 17.3 Å². The zero-order chi connectivity index (χ0) is 23.5. The van der Waals surface area contributed by atoms with E-state index in [1.807, 2.05) is 48.5 Å². The number of benzene rings is 2. The van der Waals surface area contributed by atoms with Gasteiger partial charge >= 0.3 is 0 Å².